The van der Waals surface area contributed by atoms with E-state index in [9.17, 15) is 19.7 Å². The standard InChI is InChI=1S/C19H19NO6/c1-3-13(2)14-4-6-15(7-5-14)17(21)12-25-19(22)11-9-16-8-10-18(26-16)20(23)24/h4-11,13H,3,12H2,1-2H3/b11-9+/t13-/m0/s1. The maximum absolute atomic E-state index is 12.1. The number of Topliss-reactive ketones (excluding diaryl/α,β-unsaturated/α-hetero) is 1. The summed E-state index contributed by atoms with van der Waals surface area (Å²) in [6.07, 6.45) is 3.29. The Bertz CT molecular complexity index is 819. The number of hydrogen-bond donors (Lipinski definition) is 0. The third-order valence-corrected chi connectivity index (χ3v) is 3.94. The lowest BCUT2D eigenvalue weighted by atomic mass is 9.97. The number of carbonyl (C=O) groups excluding carboxylic acids is 2. The second kappa shape index (κ2) is 8.75. The van der Waals surface area contributed by atoms with Crippen LogP contribution < -0.4 is 0 Å². The van der Waals surface area contributed by atoms with Gasteiger partial charge in [0.2, 0.25) is 0 Å². The number of nitrogens with zero attached hydrogens (tertiary/aromatic N) is 1. The van der Waals surface area contributed by atoms with E-state index in [1.807, 2.05) is 12.1 Å². The molecule has 0 radical (unpaired) electrons. The van der Waals surface area contributed by atoms with Gasteiger partial charge in [0, 0.05) is 11.6 Å². The van der Waals surface area contributed by atoms with Crippen molar-refractivity contribution in [2.45, 2.75) is 26.2 Å². The molecule has 2 rings (SSSR count). The van der Waals surface area contributed by atoms with Gasteiger partial charge in [-0.2, -0.15) is 0 Å². The lowest BCUT2D eigenvalue weighted by Crippen LogP contribution is -2.12. The van der Waals surface area contributed by atoms with Crippen LogP contribution in [-0.2, 0) is 9.53 Å². The highest BCUT2D eigenvalue weighted by atomic mass is 16.6. The summed E-state index contributed by atoms with van der Waals surface area (Å²) in [5.41, 5.74) is 1.62. The zero-order chi connectivity index (χ0) is 19.1. The first-order valence-corrected chi connectivity index (χ1v) is 8.13. The Balaban J connectivity index is 1.86. The Morgan fingerprint density at radius 3 is 2.50 bits per heavy atom. The summed E-state index contributed by atoms with van der Waals surface area (Å²) in [7, 11) is 0. The van der Waals surface area contributed by atoms with Gasteiger partial charge in [-0.15, -0.1) is 0 Å². The second-order valence-corrected chi connectivity index (χ2v) is 5.73. The molecule has 7 heteroatoms. The van der Waals surface area contributed by atoms with E-state index in [0.717, 1.165) is 18.1 Å². The van der Waals surface area contributed by atoms with E-state index in [-0.39, 0.29) is 18.2 Å². The van der Waals surface area contributed by atoms with Gasteiger partial charge in [0.25, 0.3) is 0 Å². The molecule has 0 amide bonds. The van der Waals surface area contributed by atoms with E-state index in [4.69, 9.17) is 9.15 Å². The van der Waals surface area contributed by atoms with Crippen molar-refractivity contribution in [3.05, 3.63) is 69.5 Å². The van der Waals surface area contributed by atoms with Crippen LogP contribution in [0.3, 0.4) is 0 Å². The highest BCUT2D eigenvalue weighted by molar-refractivity contribution is 5.98. The maximum atomic E-state index is 12.1. The largest absolute Gasteiger partial charge is 0.454 e. The molecular weight excluding hydrogens is 338 g/mol. The molecule has 0 N–H and O–H groups in total. The van der Waals surface area contributed by atoms with E-state index in [1.165, 1.54) is 18.2 Å². The molecule has 1 aromatic heterocycles. The van der Waals surface area contributed by atoms with Crippen LogP contribution in [0, 0.1) is 10.1 Å². The van der Waals surface area contributed by atoms with E-state index < -0.39 is 16.8 Å². The molecule has 0 unspecified atom stereocenters. The summed E-state index contributed by atoms with van der Waals surface area (Å²) in [5, 5.41) is 10.5. The molecule has 0 saturated heterocycles. The van der Waals surface area contributed by atoms with Crippen molar-refractivity contribution >= 4 is 23.7 Å². The van der Waals surface area contributed by atoms with Crippen molar-refractivity contribution < 1.29 is 23.7 Å². The molecule has 1 heterocycles. The van der Waals surface area contributed by atoms with Crippen LogP contribution in [0.1, 0.15) is 47.9 Å². The van der Waals surface area contributed by atoms with Crippen LogP contribution in [-0.4, -0.2) is 23.3 Å². The SMILES string of the molecule is CC[C@H](C)c1ccc(C(=O)COC(=O)/C=C/c2ccc([N+](=O)[O-])o2)cc1. The quantitative estimate of drug-likeness (QED) is 0.231. The zero-order valence-corrected chi connectivity index (χ0v) is 14.5. The number of esters is 1. The molecule has 7 nitrogen and oxygen atoms in total. The summed E-state index contributed by atoms with van der Waals surface area (Å²) in [4.78, 5) is 33.5. The van der Waals surface area contributed by atoms with E-state index in [0.29, 0.717) is 11.5 Å². The van der Waals surface area contributed by atoms with Gasteiger partial charge in [-0.05, 0) is 30.0 Å². The number of hydrogen-bond acceptors (Lipinski definition) is 6. The van der Waals surface area contributed by atoms with Gasteiger partial charge < -0.3 is 9.15 Å². The number of rotatable bonds is 8. The Labute approximate surface area is 150 Å². The van der Waals surface area contributed by atoms with Gasteiger partial charge in [-0.1, -0.05) is 38.1 Å². The fourth-order valence-corrected chi connectivity index (χ4v) is 2.18. The lowest BCUT2D eigenvalue weighted by Gasteiger charge is -2.09. The number of nitro groups is 1. The summed E-state index contributed by atoms with van der Waals surface area (Å²) in [5.74, 6) is -0.918. The molecule has 0 fully saturated rings. The van der Waals surface area contributed by atoms with Crippen LogP contribution in [0.4, 0.5) is 5.88 Å². The fraction of sp³-hybridized carbons (Fsp3) is 0.263. The normalized spacial score (nSPS) is 12.1. The van der Waals surface area contributed by atoms with Gasteiger partial charge in [0.1, 0.15) is 10.7 Å². The van der Waals surface area contributed by atoms with Crippen molar-refractivity contribution in [2.24, 2.45) is 0 Å². The maximum Gasteiger partial charge on any atom is 0.433 e. The van der Waals surface area contributed by atoms with Crippen molar-refractivity contribution in [1.29, 1.82) is 0 Å². The molecule has 2 aromatic rings. The summed E-state index contributed by atoms with van der Waals surface area (Å²) in [6, 6.07) is 9.76. The monoisotopic (exact) mass is 357 g/mol. The minimum Gasteiger partial charge on any atom is -0.454 e. The highest BCUT2D eigenvalue weighted by Gasteiger charge is 2.12. The van der Waals surface area contributed by atoms with Gasteiger partial charge in [0.05, 0.1) is 6.07 Å². The molecule has 1 aromatic carbocycles. The zero-order valence-electron chi connectivity index (χ0n) is 14.5. The van der Waals surface area contributed by atoms with Crippen molar-refractivity contribution in [3.8, 4) is 0 Å². The van der Waals surface area contributed by atoms with Gasteiger partial charge in [-0.25, -0.2) is 4.79 Å². The van der Waals surface area contributed by atoms with Crippen LogP contribution in [0.5, 0.6) is 0 Å². The van der Waals surface area contributed by atoms with Crippen LogP contribution in [0.15, 0.2) is 46.9 Å². The molecule has 0 saturated carbocycles. The number of carbonyl (C=O) groups is 2. The van der Waals surface area contributed by atoms with E-state index >= 15 is 0 Å². The molecular formula is C19H19NO6. The Hall–Kier alpha value is -3.22. The first kappa shape index (κ1) is 19.1. The number of ether oxygens (including phenoxy) is 1. The molecule has 0 aliphatic carbocycles. The van der Waals surface area contributed by atoms with Gasteiger partial charge >= 0.3 is 11.9 Å². The molecule has 136 valence electrons. The molecule has 26 heavy (non-hydrogen) atoms. The van der Waals surface area contributed by atoms with E-state index in [1.54, 1.807) is 12.1 Å². The fourth-order valence-electron chi connectivity index (χ4n) is 2.18. The Morgan fingerprint density at radius 2 is 1.92 bits per heavy atom. The van der Waals surface area contributed by atoms with E-state index in [2.05, 4.69) is 13.8 Å². The summed E-state index contributed by atoms with van der Waals surface area (Å²) < 4.78 is 9.75. The average Bonchev–Trinajstić information content (AvgIpc) is 3.13. The topological polar surface area (TPSA) is 99.7 Å². The van der Waals surface area contributed by atoms with Crippen LogP contribution in [0.2, 0.25) is 0 Å². The third kappa shape index (κ3) is 5.14. The van der Waals surface area contributed by atoms with Crippen LogP contribution in [0.25, 0.3) is 6.08 Å². The van der Waals surface area contributed by atoms with Crippen LogP contribution >= 0.6 is 0 Å². The molecule has 0 aliphatic heterocycles. The minimum absolute atomic E-state index is 0.139. The minimum atomic E-state index is -0.742. The summed E-state index contributed by atoms with van der Waals surface area (Å²) >= 11 is 0. The van der Waals surface area contributed by atoms with Gasteiger partial charge in [0.15, 0.2) is 12.4 Å². The predicted octanol–water partition coefficient (Wildman–Crippen LogP) is 4.14. The first-order chi connectivity index (χ1) is 12.4. The number of benzene rings is 1. The van der Waals surface area contributed by atoms with Crippen molar-refractivity contribution in [1.82, 2.24) is 0 Å². The van der Waals surface area contributed by atoms with Crippen molar-refractivity contribution in [3.63, 3.8) is 0 Å². The second-order valence-electron chi connectivity index (χ2n) is 5.73. The molecule has 1 atom stereocenters. The Morgan fingerprint density at radius 1 is 1.23 bits per heavy atom. The first-order valence-electron chi connectivity index (χ1n) is 8.13. The Kier molecular flexibility index (Phi) is 6.43. The van der Waals surface area contributed by atoms with Crippen molar-refractivity contribution in [2.75, 3.05) is 6.61 Å². The smallest absolute Gasteiger partial charge is 0.433 e. The summed E-state index contributed by atoms with van der Waals surface area (Å²) in [6.45, 7) is 3.82. The third-order valence-electron chi connectivity index (χ3n) is 3.94. The highest BCUT2D eigenvalue weighted by Crippen LogP contribution is 2.19. The number of ketones is 1. The van der Waals surface area contributed by atoms with Gasteiger partial charge in [-0.3, -0.25) is 14.9 Å². The average molecular weight is 357 g/mol. The molecule has 0 bridgehead atoms. The molecule has 0 aliphatic rings. The predicted molar refractivity (Wildman–Crippen MR) is 94.8 cm³/mol. The number of furan rings is 1. The lowest BCUT2D eigenvalue weighted by molar-refractivity contribution is -0.402. The molecule has 0 spiro atoms.